The van der Waals surface area contributed by atoms with E-state index >= 15 is 0 Å². The van der Waals surface area contributed by atoms with Gasteiger partial charge in [0.25, 0.3) is 0 Å². The van der Waals surface area contributed by atoms with E-state index in [2.05, 4.69) is 10.2 Å². The number of carbonyl (C=O) groups excluding carboxylic acids is 1. The summed E-state index contributed by atoms with van der Waals surface area (Å²) in [5.74, 6) is 0.946. The van der Waals surface area contributed by atoms with Crippen LogP contribution < -0.4 is 4.74 Å². The predicted molar refractivity (Wildman–Crippen MR) is 116 cm³/mol. The van der Waals surface area contributed by atoms with Crippen LogP contribution in [0.15, 0.2) is 53.9 Å². The van der Waals surface area contributed by atoms with Crippen molar-refractivity contribution in [2.75, 3.05) is 19.9 Å². The second kappa shape index (κ2) is 9.52. The van der Waals surface area contributed by atoms with Crippen molar-refractivity contribution in [2.24, 2.45) is 0 Å². The maximum atomic E-state index is 12.7. The molecule has 0 fully saturated rings. The minimum absolute atomic E-state index is 0.0437. The van der Waals surface area contributed by atoms with Crippen LogP contribution in [0, 0.1) is 0 Å². The molecule has 1 atom stereocenters. The van der Waals surface area contributed by atoms with Gasteiger partial charge in [0.2, 0.25) is 5.91 Å². The topological polar surface area (TPSA) is 60.2 Å². The number of carbonyl (C=O) groups is 1. The fraction of sp³-hybridized carbons (Fsp3) is 0.250. The highest BCUT2D eigenvalue weighted by Gasteiger charge is 2.20. The lowest BCUT2D eigenvalue weighted by molar-refractivity contribution is -0.128. The zero-order valence-electron chi connectivity index (χ0n) is 16.2. The summed E-state index contributed by atoms with van der Waals surface area (Å²) in [6.07, 6.45) is 1.62. The van der Waals surface area contributed by atoms with Crippen LogP contribution in [0.25, 0.3) is 5.69 Å². The fourth-order valence-corrected chi connectivity index (χ4v) is 4.15. The average molecular weight is 451 g/mol. The third-order valence-electron chi connectivity index (χ3n) is 4.58. The van der Waals surface area contributed by atoms with E-state index in [1.54, 1.807) is 37.5 Å². The third-order valence-corrected chi connectivity index (χ3v) is 6.07. The van der Waals surface area contributed by atoms with E-state index in [1.165, 1.54) is 11.8 Å². The number of amides is 1. The smallest absolute Gasteiger partial charge is 0.233 e. The molecule has 1 unspecified atom stereocenters. The number of halogens is 2. The number of hydrogen-bond donors (Lipinski definition) is 0. The van der Waals surface area contributed by atoms with Crippen molar-refractivity contribution in [3.05, 3.63) is 64.4 Å². The molecule has 6 nitrogen and oxygen atoms in total. The van der Waals surface area contributed by atoms with Gasteiger partial charge in [-0.05, 0) is 48.9 Å². The molecule has 0 saturated carbocycles. The van der Waals surface area contributed by atoms with Gasteiger partial charge in [0.15, 0.2) is 5.16 Å². The first-order valence-corrected chi connectivity index (χ1v) is 10.5. The maximum absolute atomic E-state index is 12.7. The van der Waals surface area contributed by atoms with E-state index < -0.39 is 0 Å². The van der Waals surface area contributed by atoms with Gasteiger partial charge >= 0.3 is 0 Å². The zero-order chi connectivity index (χ0) is 21.0. The SMILES string of the molecule is COc1ccc(-n2cnnc2SCC(=O)N(C)C(C)c2ccc(Cl)cc2Cl)cc1. The third kappa shape index (κ3) is 5.04. The second-order valence-electron chi connectivity index (χ2n) is 6.32. The number of methoxy groups -OCH3 is 1. The van der Waals surface area contributed by atoms with Crippen molar-refractivity contribution >= 4 is 40.9 Å². The lowest BCUT2D eigenvalue weighted by atomic mass is 10.1. The molecule has 1 aromatic heterocycles. The van der Waals surface area contributed by atoms with Crippen LogP contribution in [-0.2, 0) is 4.79 Å². The van der Waals surface area contributed by atoms with E-state index in [9.17, 15) is 4.79 Å². The molecule has 0 N–H and O–H groups in total. The van der Waals surface area contributed by atoms with Gasteiger partial charge in [0.1, 0.15) is 12.1 Å². The van der Waals surface area contributed by atoms with E-state index in [0.717, 1.165) is 17.0 Å². The molecule has 0 aliphatic rings. The van der Waals surface area contributed by atoms with Crippen LogP contribution in [0.5, 0.6) is 5.75 Å². The van der Waals surface area contributed by atoms with Crippen molar-refractivity contribution < 1.29 is 9.53 Å². The number of rotatable bonds is 7. The molecule has 3 rings (SSSR count). The Morgan fingerprint density at radius 3 is 2.62 bits per heavy atom. The van der Waals surface area contributed by atoms with Crippen LogP contribution >= 0.6 is 35.0 Å². The Morgan fingerprint density at radius 2 is 1.97 bits per heavy atom. The number of thioether (sulfide) groups is 1. The Balaban J connectivity index is 1.67. The monoisotopic (exact) mass is 450 g/mol. The Kier molecular flexibility index (Phi) is 7.05. The first-order chi connectivity index (χ1) is 13.9. The summed E-state index contributed by atoms with van der Waals surface area (Å²) in [5, 5.41) is 9.84. The summed E-state index contributed by atoms with van der Waals surface area (Å²) in [5.41, 5.74) is 1.73. The molecule has 9 heteroatoms. The van der Waals surface area contributed by atoms with E-state index in [4.69, 9.17) is 27.9 Å². The van der Waals surface area contributed by atoms with Gasteiger partial charge in [-0.15, -0.1) is 10.2 Å². The van der Waals surface area contributed by atoms with Crippen molar-refractivity contribution in [1.29, 1.82) is 0 Å². The van der Waals surface area contributed by atoms with E-state index in [1.807, 2.05) is 41.8 Å². The van der Waals surface area contributed by atoms with Crippen LogP contribution in [-0.4, -0.2) is 45.5 Å². The van der Waals surface area contributed by atoms with Crippen LogP contribution in [0.4, 0.5) is 0 Å². The zero-order valence-corrected chi connectivity index (χ0v) is 18.5. The molecule has 2 aromatic carbocycles. The molecular weight excluding hydrogens is 431 g/mol. The Morgan fingerprint density at radius 1 is 1.24 bits per heavy atom. The second-order valence-corrected chi connectivity index (χ2v) is 8.10. The lowest BCUT2D eigenvalue weighted by Crippen LogP contribution is -2.31. The largest absolute Gasteiger partial charge is 0.497 e. The van der Waals surface area contributed by atoms with Gasteiger partial charge in [-0.1, -0.05) is 41.0 Å². The Bertz CT molecular complexity index is 994. The highest BCUT2D eigenvalue weighted by molar-refractivity contribution is 7.99. The molecule has 0 bridgehead atoms. The minimum Gasteiger partial charge on any atom is -0.497 e. The Hall–Kier alpha value is -2.22. The molecule has 1 amide bonds. The maximum Gasteiger partial charge on any atom is 0.233 e. The quantitative estimate of drug-likeness (QED) is 0.479. The Labute approximate surface area is 183 Å². The van der Waals surface area contributed by atoms with Gasteiger partial charge in [0.05, 0.1) is 18.9 Å². The van der Waals surface area contributed by atoms with Crippen LogP contribution in [0.3, 0.4) is 0 Å². The average Bonchev–Trinajstić information content (AvgIpc) is 3.19. The van der Waals surface area contributed by atoms with E-state index in [-0.39, 0.29) is 17.7 Å². The van der Waals surface area contributed by atoms with Crippen molar-refractivity contribution in [2.45, 2.75) is 18.1 Å². The first kappa shape index (κ1) is 21.5. The van der Waals surface area contributed by atoms with Gasteiger partial charge in [0, 0.05) is 22.8 Å². The highest BCUT2D eigenvalue weighted by atomic mass is 35.5. The molecule has 0 saturated heterocycles. The van der Waals surface area contributed by atoms with E-state index in [0.29, 0.717) is 15.2 Å². The summed E-state index contributed by atoms with van der Waals surface area (Å²) < 4.78 is 7.01. The number of ether oxygens (including phenoxy) is 1. The molecule has 0 aliphatic heterocycles. The molecule has 1 heterocycles. The van der Waals surface area contributed by atoms with Gasteiger partial charge in [-0.3, -0.25) is 9.36 Å². The molecule has 152 valence electrons. The predicted octanol–water partition coefficient (Wildman–Crippen LogP) is 4.89. The summed E-state index contributed by atoms with van der Waals surface area (Å²) >= 11 is 13.6. The molecule has 0 spiro atoms. The number of hydrogen-bond acceptors (Lipinski definition) is 5. The molecule has 0 radical (unpaired) electrons. The molecular formula is C20H20Cl2N4O2S. The number of benzene rings is 2. The lowest BCUT2D eigenvalue weighted by Gasteiger charge is -2.26. The van der Waals surface area contributed by atoms with Crippen molar-refractivity contribution in [3.8, 4) is 11.4 Å². The first-order valence-electron chi connectivity index (χ1n) is 8.78. The van der Waals surface area contributed by atoms with Gasteiger partial charge in [-0.25, -0.2) is 0 Å². The number of nitrogens with zero attached hydrogens (tertiary/aromatic N) is 4. The van der Waals surface area contributed by atoms with Crippen molar-refractivity contribution in [1.82, 2.24) is 19.7 Å². The molecule has 0 aliphatic carbocycles. The summed E-state index contributed by atoms with van der Waals surface area (Å²) in [4.78, 5) is 14.4. The van der Waals surface area contributed by atoms with Crippen LogP contribution in [0.2, 0.25) is 10.0 Å². The normalized spacial score (nSPS) is 11.9. The molecule has 3 aromatic rings. The van der Waals surface area contributed by atoms with Crippen molar-refractivity contribution in [3.63, 3.8) is 0 Å². The summed E-state index contributed by atoms with van der Waals surface area (Å²) in [6.45, 7) is 1.93. The van der Waals surface area contributed by atoms with Gasteiger partial charge < -0.3 is 9.64 Å². The summed E-state index contributed by atoms with van der Waals surface area (Å²) in [6, 6.07) is 12.6. The van der Waals surface area contributed by atoms with Gasteiger partial charge in [-0.2, -0.15) is 0 Å². The standard InChI is InChI=1S/C20H20Cl2N4O2S/c1-13(17-9-4-14(21)10-18(17)22)25(2)19(27)11-29-20-24-23-12-26(20)15-5-7-16(28-3)8-6-15/h4-10,12-13H,11H2,1-3H3. The fourth-order valence-electron chi connectivity index (χ4n) is 2.74. The number of aromatic nitrogens is 3. The summed E-state index contributed by atoms with van der Waals surface area (Å²) in [7, 11) is 3.38. The minimum atomic E-state index is -0.188. The molecule has 29 heavy (non-hydrogen) atoms. The highest BCUT2D eigenvalue weighted by Crippen LogP contribution is 2.30. The van der Waals surface area contributed by atoms with Crippen LogP contribution in [0.1, 0.15) is 18.5 Å².